The molecule has 0 aliphatic carbocycles. The SMILES string of the molecule is COc1cccc(C2CCCN2Cc2csc(CC(=O)Nc3cc(C)ccc3C)n2)c1. The summed E-state index contributed by atoms with van der Waals surface area (Å²) in [5, 5.41) is 5.97. The lowest BCUT2D eigenvalue weighted by atomic mass is 10.0. The van der Waals surface area contributed by atoms with Gasteiger partial charge in [0, 0.05) is 23.7 Å². The number of nitrogens with one attached hydrogen (secondary N) is 1. The molecule has 1 fully saturated rings. The van der Waals surface area contributed by atoms with Crippen molar-refractivity contribution in [1.82, 2.24) is 9.88 Å². The second-order valence-corrected chi connectivity index (χ2v) is 9.12. The third kappa shape index (κ3) is 5.32. The largest absolute Gasteiger partial charge is 0.497 e. The van der Waals surface area contributed by atoms with Gasteiger partial charge in [-0.25, -0.2) is 4.98 Å². The molecule has 1 saturated heterocycles. The molecule has 162 valence electrons. The minimum atomic E-state index is -0.0231. The molecule has 1 aromatic heterocycles. The number of benzene rings is 2. The summed E-state index contributed by atoms with van der Waals surface area (Å²) in [6.45, 7) is 5.89. The molecule has 4 rings (SSSR count). The normalized spacial score (nSPS) is 16.4. The lowest BCUT2D eigenvalue weighted by molar-refractivity contribution is -0.115. The highest BCUT2D eigenvalue weighted by Crippen LogP contribution is 2.34. The highest BCUT2D eigenvalue weighted by Gasteiger charge is 2.27. The van der Waals surface area contributed by atoms with Crippen LogP contribution in [-0.2, 0) is 17.8 Å². The van der Waals surface area contributed by atoms with Crippen LogP contribution in [0.25, 0.3) is 0 Å². The van der Waals surface area contributed by atoms with Gasteiger partial charge in [0.25, 0.3) is 0 Å². The van der Waals surface area contributed by atoms with Crippen molar-refractivity contribution in [3.05, 3.63) is 75.2 Å². The minimum Gasteiger partial charge on any atom is -0.497 e. The molecular formula is C25H29N3O2S. The minimum absolute atomic E-state index is 0.0231. The summed E-state index contributed by atoms with van der Waals surface area (Å²) in [4.78, 5) is 19.8. The number of ether oxygens (including phenoxy) is 1. The Balaban J connectivity index is 1.38. The smallest absolute Gasteiger partial charge is 0.231 e. The maximum atomic E-state index is 12.5. The van der Waals surface area contributed by atoms with Crippen LogP contribution in [0.1, 0.15) is 46.3 Å². The number of likely N-dealkylation sites (tertiary alicyclic amines) is 1. The summed E-state index contributed by atoms with van der Waals surface area (Å²) in [7, 11) is 1.71. The number of aryl methyl sites for hydroxylation is 2. The van der Waals surface area contributed by atoms with E-state index in [-0.39, 0.29) is 5.91 Å². The third-order valence-corrected chi connectivity index (χ3v) is 6.68. The lowest BCUT2D eigenvalue weighted by Crippen LogP contribution is -2.23. The Hall–Kier alpha value is -2.70. The maximum Gasteiger partial charge on any atom is 0.231 e. The van der Waals surface area contributed by atoms with E-state index in [2.05, 4.69) is 39.9 Å². The van der Waals surface area contributed by atoms with Gasteiger partial charge in [-0.3, -0.25) is 9.69 Å². The molecule has 0 radical (unpaired) electrons. The fraction of sp³-hybridized carbons (Fsp3) is 0.360. The number of nitrogens with zero attached hydrogens (tertiary/aromatic N) is 2. The van der Waals surface area contributed by atoms with Crippen LogP contribution in [0, 0.1) is 13.8 Å². The number of thiazole rings is 1. The molecule has 6 heteroatoms. The first-order valence-corrected chi connectivity index (χ1v) is 11.6. The number of carbonyl (C=O) groups is 1. The standard InChI is InChI=1S/C25H29N3O2S/c1-17-9-10-18(2)22(12-17)27-24(29)14-25-26-20(16-31-25)15-28-11-5-8-23(28)19-6-4-7-21(13-19)30-3/h4,6-7,9-10,12-13,16,23H,5,8,11,14-15H2,1-3H3,(H,27,29). The van der Waals surface area contributed by atoms with Crippen LogP contribution < -0.4 is 10.1 Å². The molecule has 0 saturated carbocycles. The topological polar surface area (TPSA) is 54.5 Å². The van der Waals surface area contributed by atoms with Crippen molar-refractivity contribution in [2.75, 3.05) is 19.0 Å². The van der Waals surface area contributed by atoms with Crippen molar-refractivity contribution < 1.29 is 9.53 Å². The average molecular weight is 436 g/mol. The number of carbonyl (C=O) groups excluding carboxylic acids is 1. The Kier molecular flexibility index (Phi) is 6.68. The molecule has 5 nitrogen and oxygen atoms in total. The van der Waals surface area contributed by atoms with Crippen molar-refractivity contribution in [3.63, 3.8) is 0 Å². The number of anilines is 1. The third-order valence-electron chi connectivity index (χ3n) is 5.79. The number of amides is 1. The average Bonchev–Trinajstić information content (AvgIpc) is 3.40. The van der Waals surface area contributed by atoms with Crippen molar-refractivity contribution in [2.24, 2.45) is 0 Å². The number of rotatable bonds is 7. The lowest BCUT2D eigenvalue weighted by Gasteiger charge is -2.24. The number of aromatic nitrogens is 1. The summed E-state index contributed by atoms with van der Waals surface area (Å²) in [5.41, 5.74) is 5.40. The molecule has 1 aliphatic rings. The zero-order valence-electron chi connectivity index (χ0n) is 18.4. The molecule has 3 aromatic rings. The van der Waals surface area contributed by atoms with Crippen molar-refractivity contribution in [1.29, 1.82) is 0 Å². The van der Waals surface area contributed by atoms with Crippen LogP contribution in [0.4, 0.5) is 5.69 Å². The van der Waals surface area contributed by atoms with Crippen LogP contribution in [0.3, 0.4) is 0 Å². The van der Waals surface area contributed by atoms with E-state index in [1.54, 1.807) is 18.4 Å². The van der Waals surface area contributed by atoms with E-state index < -0.39 is 0 Å². The number of hydrogen-bond donors (Lipinski definition) is 1. The molecule has 1 unspecified atom stereocenters. The summed E-state index contributed by atoms with van der Waals surface area (Å²) < 4.78 is 5.40. The van der Waals surface area contributed by atoms with E-state index >= 15 is 0 Å². The van der Waals surface area contributed by atoms with Crippen LogP contribution in [-0.4, -0.2) is 29.4 Å². The van der Waals surface area contributed by atoms with E-state index in [9.17, 15) is 4.79 Å². The van der Waals surface area contributed by atoms with Crippen LogP contribution in [0.2, 0.25) is 0 Å². The fourth-order valence-electron chi connectivity index (χ4n) is 4.15. The molecule has 2 aromatic carbocycles. The molecule has 31 heavy (non-hydrogen) atoms. The van der Waals surface area contributed by atoms with E-state index in [0.717, 1.165) is 52.8 Å². The first kappa shape index (κ1) is 21.5. The molecule has 1 N–H and O–H groups in total. The van der Waals surface area contributed by atoms with E-state index in [1.165, 1.54) is 12.0 Å². The monoisotopic (exact) mass is 435 g/mol. The molecular weight excluding hydrogens is 406 g/mol. The molecule has 1 atom stereocenters. The first-order chi connectivity index (χ1) is 15.0. The van der Waals surface area contributed by atoms with E-state index in [1.807, 2.05) is 32.0 Å². The van der Waals surface area contributed by atoms with Crippen molar-refractivity contribution in [2.45, 2.75) is 45.7 Å². The number of methoxy groups -OCH3 is 1. The first-order valence-electron chi connectivity index (χ1n) is 10.7. The Bertz CT molecular complexity index is 1060. The molecule has 1 amide bonds. The fourth-order valence-corrected chi connectivity index (χ4v) is 4.94. The van der Waals surface area contributed by atoms with E-state index in [4.69, 9.17) is 9.72 Å². The molecule has 0 spiro atoms. The summed E-state index contributed by atoms with van der Waals surface area (Å²) in [5.74, 6) is 0.875. The summed E-state index contributed by atoms with van der Waals surface area (Å²) >= 11 is 1.56. The van der Waals surface area contributed by atoms with Gasteiger partial charge in [-0.2, -0.15) is 0 Å². The van der Waals surface area contributed by atoms with Crippen LogP contribution in [0.5, 0.6) is 5.75 Å². The van der Waals surface area contributed by atoms with Crippen molar-refractivity contribution in [3.8, 4) is 5.75 Å². The maximum absolute atomic E-state index is 12.5. The highest BCUT2D eigenvalue weighted by atomic mass is 32.1. The molecule has 1 aliphatic heterocycles. The Morgan fingerprint density at radius 2 is 2.13 bits per heavy atom. The summed E-state index contributed by atoms with van der Waals surface area (Å²) in [6.07, 6.45) is 2.62. The van der Waals surface area contributed by atoms with Crippen LogP contribution >= 0.6 is 11.3 Å². The van der Waals surface area contributed by atoms with E-state index in [0.29, 0.717) is 12.5 Å². The Morgan fingerprint density at radius 1 is 1.26 bits per heavy atom. The van der Waals surface area contributed by atoms with Gasteiger partial charge in [-0.15, -0.1) is 11.3 Å². The highest BCUT2D eigenvalue weighted by molar-refractivity contribution is 7.09. The molecule has 0 bridgehead atoms. The van der Waals surface area contributed by atoms with Gasteiger partial charge >= 0.3 is 0 Å². The Labute approximate surface area is 188 Å². The predicted octanol–water partition coefficient (Wildman–Crippen LogP) is 5.29. The van der Waals surface area contributed by atoms with Gasteiger partial charge < -0.3 is 10.1 Å². The van der Waals surface area contributed by atoms with Gasteiger partial charge in [0.05, 0.1) is 19.2 Å². The second kappa shape index (κ2) is 9.62. The predicted molar refractivity (Wildman–Crippen MR) is 126 cm³/mol. The number of hydrogen-bond acceptors (Lipinski definition) is 5. The van der Waals surface area contributed by atoms with Gasteiger partial charge in [0.1, 0.15) is 10.8 Å². The van der Waals surface area contributed by atoms with Crippen molar-refractivity contribution >= 4 is 22.9 Å². The zero-order valence-corrected chi connectivity index (χ0v) is 19.2. The zero-order chi connectivity index (χ0) is 21.8. The van der Waals surface area contributed by atoms with Gasteiger partial charge in [-0.1, -0.05) is 24.3 Å². The van der Waals surface area contributed by atoms with Gasteiger partial charge in [0.15, 0.2) is 0 Å². The Morgan fingerprint density at radius 3 is 2.97 bits per heavy atom. The summed E-state index contributed by atoms with van der Waals surface area (Å²) in [6, 6.07) is 14.8. The van der Waals surface area contributed by atoms with Gasteiger partial charge in [0.2, 0.25) is 5.91 Å². The quantitative estimate of drug-likeness (QED) is 0.548. The van der Waals surface area contributed by atoms with Gasteiger partial charge in [-0.05, 0) is 68.1 Å². The molecule has 2 heterocycles. The second-order valence-electron chi connectivity index (χ2n) is 8.18. The van der Waals surface area contributed by atoms with Crippen LogP contribution in [0.15, 0.2) is 47.8 Å².